The van der Waals surface area contributed by atoms with Gasteiger partial charge in [-0.1, -0.05) is 19.0 Å². The van der Waals surface area contributed by atoms with E-state index < -0.39 is 16.1 Å². The number of nitrogens with zero attached hydrogens (tertiary/aromatic N) is 3. The van der Waals surface area contributed by atoms with Crippen molar-refractivity contribution in [1.82, 2.24) is 19.8 Å². The minimum Gasteiger partial charge on any atom is -0.497 e. The molecule has 0 aliphatic rings. The maximum Gasteiger partial charge on any atom is 0.244 e. The van der Waals surface area contributed by atoms with E-state index in [9.17, 15) is 8.42 Å². The highest BCUT2D eigenvalue weighted by atomic mass is 32.2. The zero-order valence-electron chi connectivity index (χ0n) is 16.3. The van der Waals surface area contributed by atoms with Crippen LogP contribution in [0, 0.1) is 0 Å². The van der Waals surface area contributed by atoms with Crippen LogP contribution in [0.4, 0.5) is 0 Å². The van der Waals surface area contributed by atoms with Crippen molar-refractivity contribution in [2.24, 2.45) is 0 Å². The van der Waals surface area contributed by atoms with E-state index >= 15 is 0 Å². The summed E-state index contributed by atoms with van der Waals surface area (Å²) in [5, 5.41) is 3.93. The lowest BCUT2D eigenvalue weighted by Gasteiger charge is -2.18. The Morgan fingerprint density at radius 1 is 1.22 bits per heavy atom. The summed E-state index contributed by atoms with van der Waals surface area (Å²) in [6.45, 7) is 8.40. The first-order valence-electron chi connectivity index (χ1n) is 9.08. The molecule has 150 valence electrons. The molecule has 0 saturated heterocycles. The SMILES string of the molecule is CCN(CC)CCCS(=O)(=O)N[C@H](C)c1nc(-c2ccc(OC)cc2)no1. The van der Waals surface area contributed by atoms with Gasteiger partial charge in [-0.2, -0.15) is 4.98 Å². The Kier molecular flexibility index (Phi) is 7.76. The van der Waals surface area contributed by atoms with Crippen LogP contribution in [0.1, 0.15) is 39.1 Å². The normalized spacial score (nSPS) is 13.1. The number of sulfonamides is 1. The van der Waals surface area contributed by atoms with Gasteiger partial charge in [-0.25, -0.2) is 13.1 Å². The van der Waals surface area contributed by atoms with E-state index in [0.29, 0.717) is 12.2 Å². The maximum atomic E-state index is 12.3. The van der Waals surface area contributed by atoms with Gasteiger partial charge in [-0.3, -0.25) is 0 Å². The third kappa shape index (κ3) is 6.30. The Labute approximate surface area is 161 Å². The average molecular weight is 397 g/mol. The standard InChI is InChI=1S/C18H28N4O4S/c1-5-22(6-2)12-7-13-27(23,24)21-14(3)18-19-17(20-26-18)15-8-10-16(25-4)11-9-15/h8-11,14,21H,5-7,12-13H2,1-4H3/t14-/m1/s1. The van der Waals surface area contributed by atoms with Crippen molar-refractivity contribution in [2.75, 3.05) is 32.5 Å². The fraction of sp³-hybridized carbons (Fsp3) is 0.556. The number of nitrogens with one attached hydrogen (secondary N) is 1. The lowest BCUT2D eigenvalue weighted by molar-refractivity contribution is 0.304. The molecule has 0 spiro atoms. The molecule has 0 fully saturated rings. The number of hydrogen-bond acceptors (Lipinski definition) is 7. The molecule has 0 aliphatic carbocycles. The van der Waals surface area contributed by atoms with E-state index in [2.05, 4.69) is 33.6 Å². The molecule has 1 aromatic carbocycles. The first kappa shape index (κ1) is 21.3. The van der Waals surface area contributed by atoms with Crippen molar-refractivity contribution in [3.8, 4) is 17.1 Å². The number of aromatic nitrogens is 2. The maximum absolute atomic E-state index is 12.3. The van der Waals surface area contributed by atoms with E-state index in [1.54, 1.807) is 26.2 Å². The minimum absolute atomic E-state index is 0.0628. The van der Waals surface area contributed by atoms with Crippen molar-refractivity contribution in [3.05, 3.63) is 30.2 Å². The summed E-state index contributed by atoms with van der Waals surface area (Å²) < 4.78 is 37.5. The van der Waals surface area contributed by atoms with Gasteiger partial charge in [0.25, 0.3) is 0 Å². The van der Waals surface area contributed by atoms with Crippen LogP contribution >= 0.6 is 0 Å². The van der Waals surface area contributed by atoms with Gasteiger partial charge in [0, 0.05) is 5.56 Å². The van der Waals surface area contributed by atoms with Crippen molar-refractivity contribution >= 4 is 10.0 Å². The van der Waals surface area contributed by atoms with Gasteiger partial charge in [0.15, 0.2) is 0 Å². The second-order valence-corrected chi connectivity index (χ2v) is 8.10. The van der Waals surface area contributed by atoms with Crippen molar-refractivity contribution in [1.29, 1.82) is 0 Å². The van der Waals surface area contributed by atoms with Crippen LogP contribution < -0.4 is 9.46 Å². The molecule has 1 N–H and O–H groups in total. The fourth-order valence-electron chi connectivity index (χ4n) is 2.67. The summed E-state index contributed by atoms with van der Waals surface area (Å²) >= 11 is 0. The summed E-state index contributed by atoms with van der Waals surface area (Å²) in [6, 6.07) is 6.63. The van der Waals surface area contributed by atoms with Gasteiger partial charge in [0.2, 0.25) is 21.7 Å². The van der Waals surface area contributed by atoms with Crippen molar-refractivity contribution < 1.29 is 17.7 Å². The molecule has 27 heavy (non-hydrogen) atoms. The first-order valence-corrected chi connectivity index (χ1v) is 10.7. The van der Waals surface area contributed by atoms with Crippen molar-refractivity contribution in [3.63, 3.8) is 0 Å². The summed E-state index contributed by atoms with van der Waals surface area (Å²) in [5.41, 5.74) is 0.764. The number of rotatable bonds is 11. The quantitative estimate of drug-likeness (QED) is 0.623. The highest BCUT2D eigenvalue weighted by Crippen LogP contribution is 2.21. The molecule has 1 heterocycles. The molecule has 9 heteroatoms. The lowest BCUT2D eigenvalue weighted by Crippen LogP contribution is -2.32. The van der Waals surface area contributed by atoms with Gasteiger partial charge < -0.3 is 14.2 Å². The molecule has 1 atom stereocenters. The second kappa shape index (κ2) is 9.82. The number of benzene rings is 1. The van der Waals surface area contributed by atoms with Crippen LogP contribution in [0.3, 0.4) is 0 Å². The van der Waals surface area contributed by atoms with E-state index in [0.717, 1.165) is 30.9 Å². The Morgan fingerprint density at radius 3 is 2.48 bits per heavy atom. The molecule has 2 rings (SSSR count). The first-order chi connectivity index (χ1) is 12.9. The summed E-state index contributed by atoms with van der Waals surface area (Å²) in [6.07, 6.45) is 0.574. The Bertz CT molecular complexity index is 801. The summed E-state index contributed by atoms with van der Waals surface area (Å²) in [4.78, 5) is 6.49. The van der Waals surface area contributed by atoms with E-state index in [1.807, 2.05) is 12.1 Å². The van der Waals surface area contributed by atoms with Gasteiger partial charge in [-0.05, 0) is 57.2 Å². The average Bonchev–Trinajstić information content (AvgIpc) is 3.15. The third-order valence-corrected chi connectivity index (χ3v) is 5.84. The van der Waals surface area contributed by atoms with Gasteiger partial charge >= 0.3 is 0 Å². The van der Waals surface area contributed by atoms with Crippen LogP contribution in [-0.4, -0.2) is 56.0 Å². The van der Waals surface area contributed by atoms with E-state index in [-0.39, 0.29) is 11.6 Å². The van der Waals surface area contributed by atoms with E-state index in [4.69, 9.17) is 9.26 Å². The number of ether oxygens (including phenoxy) is 1. The van der Waals surface area contributed by atoms with Crippen LogP contribution in [0.25, 0.3) is 11.4 Å². The zero-order chi connectivity index (χ0) is 19.9. The number of hydrogen-bond donors (Lipinski definition) is 1. The van der Waals surface area contributed by atoms with Crippen LogP contribution in [0.2, 0.25) is 0 Å². The van der Waals surface area contributed by atoms with Gasteiger partial charge in [0.05, 0.1) is 18.9 Å². The molecule has 0 amide bonds. The highest BCUT2D eigenvalue weighted by molar-refractivity contribution is 7.89. The largest absolute Gasteiger partial charge is 0.497 e. The molecule has 0 saturated carbocycles. The highest BCUT2D eigenvalue weighted by Gasteiger charge is 2.21. The van der Waals surface area contributed by atoms with Crippen molar-refractivity contribution in [2.45, 2.75) is 33.2 Å². The van der Waals surface area contributed by atoms with Crippen LogP contribution in [0.5, 0.6) is 5.75 Å². The topological polar surface area (TPSA) is 97.6 Å². The predicted molar refractivity (Wildman–Crippen MR) is 104 cm³/mol. The molecular weight excluding hydrogens is 368 g/mol. The lowest BCUT2D eigenvalue weighted by atomic mass is 10.2. The van der Waals surface area contributed by atoms with Gasteiger partial charge in [-0.15, -0.1) is 0 Å². The monoisotopic (exact) mass is 396 g/mol. The van der Waals surface area contributed by atoms with E-state index in [1.165, 1.54) is 0 Å². The summed E-state index contributed by atoms with van der Waals surface area (Å²) in [7, 11) is -1.83. The number of methoxy groups -OCH3 is 1. The Hall–Kier alpha value is -1.97. The van der Waals surface area contributed by atoms with Crippen LogP contribution in [0.15, 0.2) is 28.8 Å². The molecule has 0 aliphatic heterocycles. The molecule has 0 radical (unpaired) electrons. The molecule has 0 bridgehead atoms. The molecular formula is C18H28N4O4S. The molecule has 8 nitrogen and oxygen atoms in total. The Balaban J connectivity index is 1.95. The minimum atomic E-state index is -3.43. The fourth-order valence-corrected chi connectivity index (χ4v) is 3.93. The molecule has 0 unspecified atom stereocenters. The summed E-state index contributed by atoms with van der Waals surface area (Å²) in [5.74, 6) is 1.43. The zero-order valence-corrected chi connectivity index (χ0v) is 17.1. The molecule has 2 aromatic rings. The molecule has 1 aromatic heterocycles. The van der Waals surface area contributed by atoms with Gasteiger partial charge in [0.1, 0.15) is 5.75 Å². The smallest absolute Gasteiger partial charge is 0.244 e. The third-order valence-electron chi connectivity index (χ3n) is 4.30. The Morgan fingerprint density at radius 2 is 1.89 bits per heavy atom. The second-order valence-electron chi connectivity index (χ2n) is 6.22. The van der Waals surface area contributed by atoms with Crippen LogP contribution in [-0.2, 0) is 10.0 Å². The predicted octanol–water partition coefficient (Wildman–Crippen LogP) is 2.46.